The number of benzene rings is 2. The standard InChI is InChI=1S/C13H9NO2S/c15-9-14-10-1-5-12(6-2-10)17-13-7-3-11(16)4-8-13/h1-8,16H. The molecule has 0 amide bonds. The predicted molar refractivity (Wildman–Crippen MR) is 66.5 cm³/mol. The monoisotopic (exact) mass is 243 g/mol. The van der Waals surface area contributed by atoms with E-state index in [0.29, 0.717) is 5.69 Å². The van der Waals surface area contributed by atoms with E-state index in [4.69, 9.17) is 5.11 Å². The third-order valence-electron chi connectivity index (χ3n) is 2.08. The predicted octanol–water partition coefficient (Wildman–Crippen LogP) is 3.51. The minimum Gasteiger partial charge on any atom is -0.508 e. The molecular weight excluding hydrogens is 234 g/mol. The Hall–Kier alpha value is -2.03. The molecule has 0 atom stereocenters. The van der Waals surface area contributed by atoms with Crippen molar-refractivity contribution >= 4 is 23.5 Å². The summed E-state index contributed by atoms with van der Waals surface area (Å²) in [5.74, 6) is 0.255. The molecule has 1 N–H and O–H groups in total. The van der Waals surface area contributed by atoms with Crippen LogP contribution in [0.3, 0.4) is 0 Å². The number of carbonyl (C=O) groups excluding carboxylic acids is 1. The Morgan fingerprint density at radius 2 is 1.47 bits per heavy atom. The number of nitrogens with zero attached hydrogens (tertiary/aromatic N) is 1. The Morgan fingerprint density at radius 3 is 2.00 bits per heavy atom. The molecule has 0 aliphatic rings. The highest BCUT2D eigenvalue weighted by atomic mass is 32.2. The van der Waals surface area contributed by atoms with Crippen LogP contribution in [-0.2, 0) is 4.79 Å². The average molecular weight is 243 g/mol. The van der Waals surface area contributed by atoms with E-state index in [1.165, 1.54) is 6.08 Å². The number of hydrogen-bond acceptors (Lipinski definition) is 4. The number of hydrogen-bond donors (Lipinski definition) is 1. The normalized spacial score (nSPS) is 9.65. The number of isocyanates is 1. The first-order valence-corrected chi connectivity index (χ1v) is 5.74. The van der Waals surface area contributed by atoms with Gasteiger partial charge in [0.1, 0.15) is 5.75 Å². The van der Waals surface area contributed by atoms with Crippen LogP contribution in [0.15, 0.2) is 63.3 Å². The lowest BCUT2D eigenvalue weighted by Crippen LogP contribution is -1.73. The van der Waals surface area contributed by atoms with Gasteiger partial charge in [-0.25, -0.2) is 4.79 Å². The Bertz CT molecular complexity index is 543. The van der Waals surface area contributed by atoms with E-state index in [-0.39, 0.29) is 5.75 Å². The summed E-state index contributed by atoms with van der Waals surface area (Å²) >= 11 is 1.57. The average Bonchev–Trinajstić information content (AvgIpc) is 2.35. The topological polar surface area (TPSA) is 49.7 Å². The maximum atomic E-state index is 10.1. The molecule has 0 heterocycles. The summed E-state index contributed by atoms with van der Waals surface area (Å²) in [6.07, 6.45) is 1.50. The molecule has 0 fully saturated rings. The van der Waals surface area contributed by atoms with Gasteiger partial charge in [-0.1, -0.05) is 11.8 Å². The van der Waals surface area contributed by atoms with Crippen LogP contribution in [0.4, 0.5) is 5.69 Å². The third kappa shape index (κ3) is 3.21. The number of aromatic hydroxyl groups is 1. The zero-order valence-corrected chi connectivity index (χ0v) is 9.65. The summed E-state index contributed by atoms with van der Waals surface area (Å²) in [6.45, 7) is 0. The molecule has 0 aliphatic heterocycles. The lowest BCUT2D eigenvalue weighted by molar-refractivity contribution is 0.475. The molecule has 0 aromatic heterocycles. The van der Waals surface area contributed by atoms with Gasteiger partial charge in [-0.15, -0.1) is 0 Å². The van der Waals surface area contributed by atoms with Gasteiger partial charge in [-0.2, -0.15) is 4.99 Å². The molecule has 2 aromatic rings. The van der Waals surface area contributed by atoms with Crippen molar-refractivity contribution in [2.45, 2.75) is 9.79 Å². The van der Waals surface area contributed by atoms with Gasteiger partial charge in [-0.05, 0) is 48.5 Å². The van der Waals surface area contributed by atoms with Crippen molar-refractivity contribution in [2.24, 2.45) is 4.99 Å². The van der Waals surface area contributed by atoms with Crippen LogP contribution in [0.5, 0.6) is 5.75 Å². The van der Waals surface area contributed by atoms with Gasteiger partial charge in [0.2, 0.25) is 6.08 Å². The Morgan fingerprint density at radius 1 is 0.941 bits per heavy atom. The first-order valence-electron chi connectivity index (χ1n) is 4.93. The Kier molecular flexibility index (Phi) is 3.60. The van der Waals surface area contributed by atoms with Crippen molar-refractivity contribution in [3.8, 4) is 5.75 Å². The second kappa shape index (κ2) is 5.34. The third-order valence-corrected chi connectivity index (χ3v) is 3.10. The van der Waals surface area contributed by atoms with Gasteiger partial charge in [0, 0.05) is 9.79 Å². The number of rotatable bonds is 3. The van der Waals surface area contributed by atoms with Gasteiger partial charge in [0.05, 0.1) is 5.69 Å². The molecule has 4 heteroatoms. The molecule has 0 bridgehead atoms. The number of phenols is 1. The van der Waals surface area contributed by atoms with Crippen molar-refractivity contribution in [1.82, 2.24) is 0 Å². The Labute approximate surface area is 103 Å². The van der Waals surface area contributed by atoms with Crippen molar-refractivity contribution in [3.05, 3.63) is 48.5 Å². The van der Waals surface area contributed by atoms with Crippen molar-refractivity contribution in [2.75, 3.05) is 0 Å². The second-order valence-electron chi connectivity index (χ2n) is 3.29. The van der Waals surface area contributed by atoms with E-state index in [1.54, 1.807) is 36.0 Å². The number of phenolic OH excluding ortho intramolecular Hbond substituents is 1. The minimum atomic E-state index is 0.255. The molecule has 2 aromatic carbocycles. The fourth-order valence-electron chi connectivity index (χ4n) is 1.29. The van der Waals surface area contributed by atoms with Crippen LogP contribution in [-0.4, -0.2) is 11.2 Å². The lowest BCUT2D eigenvalue weighted by Gasteiger charge is -2.01. The van der Waals surface area contributed by atoms with Gasteiger partial charge in [-0.3, -0.25) is 0 Å². The fraction of sp³-hybridized carbons (Fsp3) is 0. The van der Waals surface area contributed by atoms with Crippen molar-refractivity contribution in [1.29, 1.82) is 0 Å². The molecule has 0 unspecified atom stereocenters. The quantitative estimate of drug-likeness (QED) is 0.663. The molecule has 0 saturated carbocycles. The summed E-state index contributed by atoms with van der Waals surface area (Å²) in [7, 11) is 0. The van der Waals surface area contributed by atoms with Crippen LogP contribution in [0.25, 0.3) is 0 Å². The summed E-state index contributed by atoms with van der Waals surface area (Å²) in [5.41, 5.74) is 0.593. The molecule has 0 aliphatic carbocycles. The SMILES string of the molecule is O=C=Nc1ccc(Sc2ccc(O)cc2)cc1. The molecule has 2 rings (SSSR count). The van der Waals surface area contributed by atoms with E-state index >= 15 is 0 Å². The van der Waals surface area contributed by atoms with E-state index in [2.05, 4.69) is 4.99 Å². The van der Waals surface area contributed by atoms with E-state index < -0.39 is 0 Å². The fourth-order valence-corrected chi connectivity index (χ4v) is 2.11. The smallest absolute Gasteiger partial charge is 0.240 e. The zero-order valence-electron chi connectivity index (χ0n) is 8.83. The highest BCUT2D eigenvalue weighted by molar-refractivity contribution is 7.99. The van der Waals surface area contributed by atoms with E-state index in [0.717, 1.165) is 9.79 Å². The molecule has 17 heavy (non-hydrogen) atoms. The lowest BCUT2D eigenvalue weighted by atomic mass is 10.3. The first-order chi connectivity index (χ1) is 8.28. The van der Waals surface area contributed by atoms with Crippen molar-refractivity contribution in [3.63, 3.8) is 0 Å². The summed E-state index contributed by atoms with van der Waals surface area (Å²) in [5, 5.41) is 9.16. The maximum absolute atomic E-state index is 10.1. The highest BCUT2D eigenvalue weighted by Crippen LogP contribution is 2.29. The largest absolute Gasteiger partial charge is 0.508 e. The molecule has 0 radical (unpaired) electrons. The van der Waals surface area contributed by atoms with E-state index in [9.17, 15) is 4.79 Å². The Balaban J connectivity index is 2.13. The molecule has 0 saturated heterocycles. The maximum Gasteiger partial charge on any atom is 0.240 e. The summed E-state index contributed by atoms with van der Waals surface area (Å²) in [6, 6.07) is 14.3. The first kappa shape index (κ1) is 11.5. The van der Waals surface area contributed by atoms with Crippen LogP contribution >= 0.6 is 11.8 Å². The second-order valence-corrected chi connectivity index (χ2v) is 4.44. The van der Waals surface area contributed by atoms with Crippen LogP contribution in [0.2, 0.25) is 0 Å². The molecule has 84 valence electrons. The van der Waals surface area contributed by atoms with Crippen LogP contribution < -0.4 is 0 Å². The summed E-state index contributed by atoms with van der Waals surface area (Å²) in [4.78, 5) is 15.7. The minimum absolute atomic E-state index is 0.255. The number of aliphatic imine (C=N–C) groups is 1. The van der Waals surface area contributed by atoms with Crippen molar-refractivity contribution < 1.29 is 9.90 Å². The van der Waals surface area contributed by atoms with Crippen LogP contribution in [0.1, 0.15) is 0 Å². The van der Waals surface area contributed by atoms with Gasteiger partial charge < -0.3 is 5.11 Å². The van der Waals surface area contributed by atoms with Gasteiger partial charge in [0.25, 0.3) is 0 Å². The van der Waals surface area contributed by atoms with Crippen LogP contribution in [0, 0.1) is 0 Å². The zero-order chi connectivity index (χ0) is 12.1. The highest BCUT2D eigenvalue weighted by Gasteiger charge is 1.98. The van der Waals surface area contributed by atoms with Gasteiger partial charge in [0.15, 0.2) is 0 Å². The molecular formula is C13H9NO2S. The summed E-state index contributed by atoms with van der Waals surface area (Å²) < 4.78 is 0. The van der Waals surface area contributed by atoms with E-state index in [1.807, 2.05) is 24.3 Å². The van der Waals surface area contributed by atoms with Gasteiger partial charge >= 0.3 is 0 Å². The molecule has 3 nitrogen and oxygen atoms in total. The molecule has 0 spiro atoms.